The summed E-state index contributed by atoms with van der Waals surface area (Å²) in [7, 11) is 0. The van der Waals surface area contributed by atoms with Gasteiger partial charge in [0.25, 0.3) is 0 Å². The standard InChI is InChI=1S/C41H48N6O2/c1-40(2,3)49-39(48)47-25-41(17-18-41)22-36(47)38-44-24-35(46-38)32-15-14-30-20-29(12-13-31(30)21-32)27-8-10-28(11-9-27)34-23-43-37(45-34)6-4-5-26-7-16-33(42)19-26/h8-15,20-21,23-24,26,33,36H,4-7,16-19,22,25,42H2,1-3H3,(H,43,45)(H,44,46)/t26?,33?,36-/m0/s1. The first kappa shape index (κ1) is 31.8. The van der Waals surface area contributed by atoms with Gasteiger partial charge in [0.2, 0.25) is 0 Å². The van der Waals surface area contributed by atoms with Crippen LogP contribution in [0.2, 0.25) is 0 Å². The molecule has 0 radical (unpaired) electrons. The summed E-state index contributed by atoms with van der Waals surface area (Å²) in [5, 5.41) is 2.35. The third-order valence-corrected chi connectivity index (χ3v) is 10.9. The van der Waals surface area contributed by atoms with E-state index >= 15 is 0 Å². The highest BCUT2D eigenvalue weighted by molar-refractivity contribution is 5.90. The van der Waals surface area contributed by atoms with E-state index in [0.29, 0.717) is 6.04 Å². The predicted octanol–water partition coefficient (Wildman–Crippen LogP) is 9.20. The lowest BCUT2D eigenvalue weighted by atomic mass is 9.98. The van der Waals surface area contributed by atoms with Crippen molar-refractivity contribution in [3.8, 4) is 33.6 Å². The lowest BCUT2D eigenvalue weighted by Gasteiger charge is -2.27. The molecule has 1 amide bonds. The average molecular weight is 657 g/mol. The number of H-pyrrole nitrogens is 2. The number of aromatic nitrogens is 4. The van der Waals surface area contributed by atoms with Gasteiger partial charge in [-0.15, -0.1) is 0 Å². The number of aromatic amines is 2. The van der Waals surface area contributed by atoms with Crippen LogP contribution in [-0.4, -0.2) is 49.1 Å². The van der Waals surface area contributed by atoms with Gasteiger partial charge in [-0.3, -0.25) is 4.90 Å². The van der Waals surface area contributed by atoms with Gasteiger partial charge < -0.3 is 20.4 Å². The van der Waals surface area contributed by atoms with Gasteiger partial charge in [0, 0.05) is 24.6 Å². The highest BCUT2D eigenvalue weighted by Gasteiger charge is 2.55. The second kappa shape index (κ2) is 12.5. The zero-order valence-corrected chi connectivity index (χ0v) is 29.0. The third-order valence-electron chi connectivity index (χ3n) is 10.9. The number of carbonyl (C=O) groups is 1. The van der Waals surface area contributed by atoms with Crippen molar-refractivity contribution in [3.63, 3.8) is 0 Å². The van der Waals surface area contributed by atoms with Crippen LogP contribution in [0.15, 0.2) is 73.1 Å². The molecule has 3 aromatic carbocycles. The molecule has 8 rings (SSSR count). The SMILES string of the molecule is CC(C)(C)OC(=O)N1CC2(CC2)C[C@H]1c1ncc(-c2ccc3cc(-c4ccc(-c5cnc(CCCC6CCC(N)C6)[nH]5)cc4)ccc3c2)[nH]1. The number of fused-ring (bicyclic) bond motifs is 1. The minimum absolute atomic E-state index is 0.0950. The zero-order chi connectivity index (χ0) is 33.8. The molecule has 2 aliphatic carbocycles. The van der Waals surface area contributed by atoms with Gasteiger partial charge in [-0.25, -0.2) is 14.8 Å². The summed E-state index contributed by atoms with van der Waals surface area (Å²) in [6.07, 6.45) is 13.9. The van der Waals surface area contributed by atoms with Crippen molar-refractivity contribution in [1.82, 2.24) is 24.8 Å². The summed E-state index contributed by atoms with van der Waals surface area (Å²) in [6.45, 7) is 6.49. The lowest BCUT2D eigenvalue weighted by Crippen LogP contribution is -2.37. The molecule has 8 heteroatoms. The molecule has 1 aliphatic heterocycles. The summed E-state index contributed by atoms with van der Waals surface area (Å²) in [5.74, 6) is 2.68. The molecule has 49 heavy (non-hydrogen) atoms. The van der Waals surface area contributed by atoms with Crippen LogP contribution in [0.4, 0.5) is 4.79 Å². The molecule has 254 valence electrons. The molecule has 3 fully saturated rings. The fraction of sp³-hybridized carbons (Fsp3) is 0.439. The van der Waals surface area contributed by atoms with Crippen molar-refractivity contribution in [2.45, 2.75) is 96.2 Å². The van der Waals surface area contributed by atoms with E-state index in [9.17, 15) is 4.79 Å². The van der Waals surface area contributed by atoms with E-state index in [2.05, 4.69) is 75.6 Å². The normalized spacial score (nSPS) is 21.6. The highest BCUT2D eigenvalue weighted by Crippen LogP contribution is 2.58. The van der Waals surface area contributed by atoms with Crippen molar-refractivity contribution >= 4 is 16.9 Å². The number of nitrogens with two attached hydrogens (primary N) is 1. The molecule has 0 bridgehead atoms. The van der Waals surface area contributed by atoms with E-state index in [1.807, 2.05) is 38.1 Å². The van der Waals surface area contributed by atoms with Crippen molar-refractivity contribution in [2.24, 2.45) is 17.1 Å². The van der Waals surface area contributed by atoms with Crippen LogP contribution >= 0.6 is 0 Å². The summed E-state index contributed by atoms with van der Waals surface area (Å²) in [4.78, 5) is 31.5. The molecule has 3 heterocycles. The van der Waals surface area contributed by atoms with Gasteiger partial charge in [0.15, 0.2) is 0 Å². The summed E-state index contributed by atoms with van der Waals surface area (Å²) in [5.41, 5.74) is 12.4. The van der Waals surface area contributed by atoms with E-state index in [4.69, 9.17) is 15.5 Å². The third kappa shape index (κ3) is 6.89. The molecular formula is C41H48N6O2. The predicted molar refractivity (Wildman–Crippen MR) is 195 cm³/mol. The molecule has 2 aromatic heterocycles. The summed E-state index contributed by atoms with van der Waals surface area (Å²) >= 11 is 0. The number of rotatable bonds is 8. The first-order valence-electron chi connectivity index (χ1n) is 18.1. The number of nitrogens with one attached hydrogen (secondary N) is 2. The number of ether oxygens (including phenoxy) is 1. The van der Waals surface area contributed by atoms with E-state index in [-0.39, 0.29) is 17.6 Å². The number of hydrogen-bond acceptors (Lipinski definition) is 5. The van der Waals surface area contributed by atoms with Crippen LogP contribution < -0.4 is 5.73 Å². The molecule has 1 saturated heterocycles. The molecule has 2 unspecified atom stereocenters. The van der Waals surface area contributed by atoms with Crippen LogP contribution in [0.25, 0.3) is 44.4 Å². The van der Waals surface area contributed by atoms with Gasteiger partial charge in [0.1, 0.15) is 17.2 Å². The Balaban J connectivity index is 0.933. The fourth-order valence-corrected chi connectivity index (χ4v) is 8.01. The van der Waals surface area contributed by atoms with E-state index in [1.54, 1.807) is 0 Å². The molecule has 8 nitrogen and oxygen atoms in total. The quantitative estimate of drug-likeness (QED) is 0.154. The molecular weight excluding hydrogens is 608 g/mol. The lowest BCUT2D eigenvalue weighted by molar-refractivity contribution is 0.0212. The minimum Gasteiger partial charge on any atom is -0.444 e. The van der Waals surface area contributed by atoms with Gasteiger partial charge in [0.05, 0.1) is 29.8 Å². The van der Waals surface area contributed by atoms with E-state index < -0.39 is 5.60 Å². The summed E-state index contributed by atoms with van der Waals surface area (Å²) in [6, 6.07) is 22.2. The van der Waals surface area contributed by atoms with Gasteiger partial charge >= 0.3 is 6.09 Å². The van der Waals surface area contributed by atoms with Crippen LogP contribution in [0, 0.1) is 11.3 Å². The van der Waals surface area contributed by atoms with Gasteiger partial charge in [-0.2, -0.15) is 0 Å². The molecule has 4 N–H and O–H groups in total. The average Bonchev–Trinajstić information content (AvgIpc) is 3.56. The number of nitrogens with zero attached hydrogens (tertiary/aromatic N) is 3. The number of benzene rings is 3. The van der Waals surface area contributed by atoms with Crippen molar-refractivity contribution in [3.05, 3.63) is 84.7 Å². The number of imidazole rings is 2. The first-order chi connectivity index (χ1) is 23.6. The van der Waals surface area contributed by atoms with Crippen LogP contribution in [0.3, 0.4) is 0 Å². The Morgan fingerprint density at radius 3 is 2.29 bits per heavy atom. The molecule has 1 spiro atoms. The first-order valence-corrected chi connectivity index (χ1v) is 18.1. The second-order valence-electron chi connectivity index (χ2n) is 15.9. The molecule has 3 atom stereocenters. The van der Waals surface area contributed by atoms with Crippen LogP contribution in [0.1, 0.15) is 89.8 Å². The highest BCUT2D eigenvalue weighted by atomic mass is 16.6. The van der Waals surface area contributed by atoms with Crippen molar-refractivity contribution in [1.29, 1.82) is 0 Å². The fourth-order valence-electron chi connectivity index (χ4n) is 8.01. The van der Waals surface area contributed by atoms with Gasteiger partial charge in [-0.1, -0.05) is 48.5 Å². The Bertz CT molecular complexity index is 1960. The van der Waals surface area contributed by atoms with Crippen molar-refractivity contribution in [2.75, 3.05) is 6.54 Å². The maximum Gasteiger partial charge on any atom is 0.410 e. The second-order valence-corrected chi connectivity index (χ2v) is 15.9. The van der Waals surface area contributed by atoms with Crippen molar-refractivity contribution < 1.29 is 9.53 Å². The largest absolute Gasteiger partial charge is 0.444 e. The Labute approximate surface area is 288 Å². The Morgan fingerprint density at radius 1 is 0.898 bits per heavy atom. The summed E-state index contributed by atoms with van der Waals surface area (Å²) < 4.78 is 5.77. The maximum absolute atomic E-state index is 13.1. The molecule has 5 aromatic rings. The van der Waals surface area contributed by atoms with Crippen LogP contribution in [-0.2, 0) is 11.2 Å². The van der Waals surface area contributed by atoms with Crippen LogP contribution in [0.5, 0.6) is 0 Å². The molecule has 2 saturated carbocycles. The number of hydrogen-bond donors (Lipinski definition) is 3. The zero-order valence-electron chi connectivity index (χ0n) is 29.0. The van der Waals surface area contributed by atoms with E-state index in [0.717, 1.165) is 78.7 Å². The maximum atomic E-state index is 13.1. The van der Waals surface area contributed by atoms with Gasteiger partial charge in [-0.05, 0) is 123 Å². The number of likely N-dealkylation sites (tertiary alicyclic amines) is 1. The monoisotopic (exact) mass is 656 g/mol. The Kier molecular flexibility index (Phi) is 8.10. The number of amides is 1. The minimum atomic E-state index is -0.529. The Hall–Kier alpha value is -4.43. The number of aryl methyl sites for hydroxylation is 1. The number of carbonyl (C=O) groups excluding carboxylic acids is 1. The van der Waals surface area contributed by atoms with E-state index in [1.165, 1.54) is 47.6 Å². The Morgan fingerprint density at radius 2 is 1.57 bits per heavy atom. The topological polar surface area (TPSA) is 113 Å². The smallest absolute Gasteiger partial charge is 0.410 e. The molecule has 3 aliphatic rings.